The number of nitrogens with one attached hydrogen (secondary N) is 1. The predicted octanol–water partition coefficient (Wildman–Crippen LogP) is 2.89. The van der Waals surface area contributed by atoms with E-state index in [9.17, 15) is 9.18 Å². The summed E-state index contributed by atoms with van der Waals surface area (Å²) in [6.45, 7) is 4.51. The van der Waals surface area contributed by atoms with Gasteiger partial charge in [-0.25, -0.2) is 4.39 Å². The lowest BCUT2D eigenvalue weighted by Crippen LogP contribution is -2.25. The molecule has 1 saturated heterocycles. The molecular weight excluding hydrogens is 279 g/mol. The van der Waals surface area contributed by atoms with Crippen LogP contribution in [0.25, 0.3) is 0 Å². The summed E-state index contributed by atoms with van der Waals surface area (Å²) in [4.78, 5) is 16.8. The van der Waals surface area contributed by atoms with Crippen molar-refractivity contribution in [2.45, 2.75) is 26.3 Å². The molecule has 1 atom stereocenters. The molecular formula is C18H21FN2O. The minimum Gasteiger partial charge on any atom is -0.329 e. The molecule has 0 spiro atoms. The third kappa shape index (κ3) is 3.45. The van der Waals surface area contributed by atoms with E-state index in [1.165, 1.54) is 5.56 Å². The van der Waals surface area contributed by atoms with Crippen molar-refractivity contribution in [2.75, 3.05) is 13.1 Å². The SMILES string of the molecule is Cc1cc(CC2CCN(Cc3ccc[nH]c3=O)C2)ccc1F. The molecule has 0 bridgehead atoms. The second-order valence-corrected chi connectivity index (χ2v) is 6.20. The molecule has 1 unspecified atom stereocenters. The van der Waals surface area contributed by atoms with E-state index in [2.05, 4.69) is 9.88 Å². The van der Waals surface area contributed by atoms with Gasteiger partial charge < -0.3 is 4.98 Å². The third-order valence-corrected chi connectivity index (χ3v) is 4.41. The zero-order valence-electron chi connectivity index (χ0n) is 12.8. The highest BCUT2D eigenvalue weighted by molar-refractivity contribution is 5.24. The van der Waals surface area contributed by atoms with Gasteiger partial charge in [-0.15, -0.1) is 0 Å². The van der Waals surface area contributed by atoms with Crippen molar-refractivity contribution in [2.24, 2.45) is 5.92 Å². The van der Waals surface area contributed by atoms with Crippen molar-refractivity contribution in [3.63, 3.8) is 0 Å². The molecule has 0 radical (unpaired) electrons. The van der Waals surface area contributed by atoms with Gasteiger partial charge in [0.05, 0.1) is 0 Å². The number of aromatic nitrogens is 1. The first-order chi connectivity index (χ1) is 10.6. The van der Waals surface area contributed by atoms with Crippen LogP contribution >= 0.6 is 0 Å². The van der Waals surface area contributed by atoms with Crippen LogP contribution in [0.5, 0.6) is 0 Å². The van der Waals surface area contributed by atoms with Gasteiger partial charge in [-0.05, 0) is 55.5 Å². The minimum absolute atomic E-state index is 0.000101. The lowest BCUT2D eigenvalue weighted by atomic mass is 9.97. The number of benzene rings is 1. The normalized spacial score (nSPS) is 18.7. The van der Waals surface area contributed by atoms with Crippen LogP contribution in [-0.4, -0.2) is 23.0 Å². The first kappa shape index (κ1) is 15.0. The molecule has 1 aromatic carbocycles. The Labute approximate surface area is 129 Å². The van der Waals surface area contributed by atoms with Crippen LogP contribution in [0.1, 0.15) is 23.1 Å². The van der Waals surface area contributed by atoms with Crippen LogP contribution in [0.2, 0.25) is 0 Å². The van der Waals surface area contributed by atoms with Gasteiger partial charge in [0.15, 0.2) is 0 Å². The Balaban J connectivity index is 1.59. The molecule has 1 aromatic heterocycles. The molecule has 116 valence electrons. The van der Waals surface area contributed by atoms with E-state index >= 15 is 0 Å². The summed E-state index contributed by atoms with van der Waals surface area (Å²) in [7, 11) is 0. The summed E-state index contributed by atoms with van der Waals surface area (Å²) < 4.78 is 13.3. The molecule has 1 N–H and O–H groups in total. The van der Waals surface area contributed by atoms with Crippen molar-refractivity contribution in [3.05, 3.63) is 69.4 Å². The molecule has 2 heterocycles. The average Bonchev–Trinajstić information content (AvgIpc) is 2.93. The molecule has 2 aromatic rings. The van der Waals surface area contributed by atoms with Gasteiger partial charge in [-0.3, -0.25) is 9.69 Å². The number of hydrogen-bond acceptors (Lipinski definition) is 2. The van der Waals surface area contributed by atoms with Crippen molar-refractivity contribution < 1.29 is 4.39 Å². The number of H-pyrrole nitrogens is 1. The Morgan fingerprint density at radius 3 is 3.00 bits per heavy atom. The number of likely N-dealkylation sites (tertiary alicyclic amines) is 1. The summed E-state index contributed by atoms with van der Waals surface area (Å²) in [6.07, 6.45) is 3.76. The van der Waals surface area contributed by atoms with Crippen molar-refractivity contribution in [1.29, 1.82) is 0 Å². The van der Waals surface area contributed by atoms with Gasteiger partial charge in [-0.2, -0.15) is 0 Å². The number of hydrogen-bond donors (Lipinski definition) is 1. The Kier molecular flexibility index (Phi) is 4.39. The van der Waals surface area contributed by atoms with E-state index in [-0.39, 0.29) is 11.4 Å². The van der Waals surface area contributed by atoms with Crippen molar-refractivity contribution in [3.8, 4) is 0 Å². The summed E-state index contributed by atoms with van der Waals surface area (Å²) >= 11 is 0. The molecule has 4 heteroatoms. The number of aromatic amines is 1. The maximum atomic E-state index is 13.3. The van der Waals surface area contributed by atoms with Gasteiger partial charge in [-0.1, -0.05) is 18.2 Å². The second kappa shape index (κ2) is 6.44. The van der Waals surface area contributed by atoms with Crippen LogP contribution in [0.3, 0.4) is 0 Å². The average molecular weight is 300 g/mol. The molecule has 1 aliphatic heterocycles. The molecule has 0 amide bonds. The zero-order chi connectivity index (χ0) is 15.5. The van der Waals surface area contributed by atoms with Gasteiger partial charge in [0, 0.05) is 24.8 Å². The molecule has 1 fully saturated rings. The maximum Gasteiger partial charge on any atom is 0.252 e. The highest BCUT2D eigenvalue weighted by Gasteiger charge is 2.23. The maximum absolute atomic E-state index is 13.3. The van der Waals surface area contributed by atoms with Crippen LogP contribution in [0.15, 0.2) is 41.3 Å². The summed E-state index contributed by atoms with van der Waals surface area (Å²) in [5, 5.41) is 0. The smallest absolute Gasteiger partial charge is 0.252 e. The molecule has 22 heavy (non-hydrogen) atoms. The molecule has 0 aliphatic carbocycles. The lowest BCUT2D eigenvalue weighted by Gasteiger charge is -2.15. The van der Waals surface area contributed by atoms with Crippen molar-refractivity contribution >= 4 is 0 Å². The molecule has 3 nitrogen and oxygen atoms in total. The van der Waals surface area contributed by atoms with Crippen molar-refractivity contribution in [1.82, 2.24) is 9.88 Å². The number of nitrogens with zero attached hydrogens (tertiary/aromatic N) is 1. The van der Waals surface area contributed by atoms with E-state index < -0.39 is 0 Å². The van der Waals surface area contributed by atoms with Gasteiger partial charge >= 0.3 is 0 Å². The largest absolute Gasteiger partial charge is 0.329 e. The minimum atomic E-state index is -0.139. The number of pyridine rings is 1. The highest BCUT2D eigenvalue weighted by atomic mass is 19.1. The summed E-state index contributed by atoms with van der Waals surface area (Å²) in [5.41, 5.74) is 2.73. The Hall–Kier alpha value is -1.94. The Morgan fingerprint density at radius 1 is 1.36 bits per heavy atom. The molecule has 1 aliphatic rings. The van der Waals surface area contributed by atoms with E-state index in [0.29, 0.717) is 18.0 Å². The van der Waals surface area contributed by atoms with E-state index in [0.717, 1.165) is 31.5 Å². The summed E-state index contributed by atoms with van der Waals surface area (Å²) in [5.74, 6) is 0.438. The van der Waals surface area contributed by atoms with Gasteiger partial charge in [0.1, 0.15) is 5.82 Å². The fraction of sp³-hybridized carbons (Fsp3) is 0.389. The first-order valence-corrected chi connectivity index (χ1v) is 7.76. The van der Waals surface area contributed by atoms with E-state index in [1.807, 2.05) is 31.2 Å². The topological polar surface area (TPSA) is 36.1 Å². The monoisotopic (exact) mass is 300 g/mol. The quantitative estimate of drug-likeness (QED) is 0.942. The number of halogens is 1. The number of rotatable bonds is 4. The summed E-state index contributed by atoms with van der Waals surface area (Å²) in [6, 6.07) is 9.13. The Morgan fingerprint density at radius 2 is 2.23 bits per heavy atom. The first-order valence-electron chi connectivity index (χ1n) is 7.76. The van der Waals surface area contributed by atoms with Gasteiger partial charge in [0.25, 0.3) is 5.56 Å². The Bertz CT molecular complexity index is 710. The van der Waals surface area contributed by atoms with E-state index in [1.54, 1.807) is 12.3 Å². The van der Waals surface area contributed by atoms with E-state index in [4.69, 9.17) is 0 Å². The van der Waals surface area contributed by atoms with Crippen LogP contribution in [-0.2, 0) is 13.0 Å². The second-order valence-electron chi connectivity index (χ2n) is 6.20. The predicted molar refractivity (Wildman–Crippen MR) is 85.3 cm³/mol. The standard InChI is InChI=1S/C18H21FN2O/c1-13-9-14(4-5-17(13)19)10-15-6-8-21(11-15)12-16-3-2-7-20-18(16)22/h2-5,7,9,15H,6,8,10-12H2,1H3,(H,20,22). The molecule has 0 saturated carbocycles. The van der Waals surface area contributed by atoms with Gasteiger partial charge in [0.2, 0.25) is 0 Å². The van der Waals surface area contributed by atoms with Crippen LogP contribution in [0.4, 0.5) is 4.39 Å². The highest BCUT2D eigenvalue weighted by Crippen LogP contribution is 2.22. The third-order valence-electron chi connectivity index (χ3n) is 4.41. The fourth-order valence-corrected chi connectivity index (χ4v) is 3.21. The van der Waals surface area contributed by atoms with Crippen LogP contribution in [0, 0.1) is 18.7 Å². The zero-order valence-corrected chi connectivity index (χ0v) is 12.8. The lowest BCUT2D eigenvalue weighted by molar-refractivity contribution is 0.315. The van der Waals surface area contributed by atoms with Crippen LogP contribution < -0.4 is 5.56 Å². The number of aryl methyl sites for hydroxylation is 1. The molecule has 3 rings (SSSR count). The fourth-order valence-electron chi connectivity index (χ4n) is 3.21.